The number of halogens is 1. The number of hydrogen-bond donors (Lipinski definition) is 1. The smallest absolute Gasteiger partial charge is 0.411 e. The third-order valence-corrected chi connectivity index (χ3v) is 7.70. The molecule has 0 radical (unpaired) electrons. The summed E-state index contributed by atoms with van der Waals surface area (Å²) in [5, 5.41) is 9.44. The Morgan fingerprint density at radius 3 is 2.46 bits per heavy atom. The van der Waals surface area contributed by atoms with Crippen LogP contribution in [0.15, 0.2) is 12.3 Å². The first-order chi connectivity index (χ1) is 16.5. The Kier molecular flexibility index (Phi) is 7.68. The van der Waals surface area contributed by atoms with Crippen LogP contribution >= 0.6 is 23.4 Å². The standard InChI is InChI=1S/C23H32ClN5O5S/c1-23(2,3)34-22(33)29-13-16(11-18(29)20(30)28-8-9-35-14-28)26-4-6-27(7-5-26)19-17(24)10-15(12-25-19)21(31)32/h10,12,16,18H,4-9,11,13-14H2,1-3H3,(H,31,32)/t16-,18-/m0/s1. The third kappa shape index (κ3) is 5.95. The molecular weight excluding hydrogens is 494 g/mol. The van der Waals surface area contributed by atoms with Gasteiger partial charge < -0.3 is 19.6 Å². The van der Waals surface area contributed by atoms with Crippen LogP contribution in [-0.2, 0) is 9.53 Å². The van der Waals surface area contributed by atoms with Crippen LogP contribution in [0.25, 0.3) is 0 Å². The predicted octanol–water partition coefficient (Wildman–Crippen LogP) is 2.47. The number of pyridine rings is 1. The molecule has 4 rings (SSSR count). The number of carboxylic acids is 1. The van der Waals surface area contributed by atoms with Gasteiger partial charge in [-0.2, -0.15) is 0 Å². The van der Waals surface area contributed by atoms with Crippen molar-refractivity contribution in [3.8, 4) is 0 Å². The largest absolute Gasteiger partial charge is 0.478 e. The van der Waals surface area contributed by atoms with E-state index >= 15 is 0 Å². The van der Waals surface area contributed by atoms with E-state index in [9.17, 15) is 14.4 Å². The summed E-state index contributed by atoms with van der Waals surface area (Å²) in [6.45, 7) is 9.37. The van der Waals surface area contributed by atoms with Gasteiger partial charge in [-0.05, 0) is 33.3 Å². The zero-order chi connectivity index (χ0) is 25.3. The average Bonchev–Trinajstić information content (AvgIpc) is 3.48. The van der Waals surface area contributed by atoms with Gasteiger partial charge in [0.1, 0.15) is 17.5 Å². The number of aromatic nitrogens is 1. The first-order valence-corrected chi connectivity index (χ1v) is 13.3. The molecule has 0 aromatic carbocycles. The Morgan fingerprint density at radius 2 is 1.89 bits per heavy atom. The van der Waals surface area contributed by atoms with Crippen molar-refractivity contribution in [2.24, 2.45) is 0 Å². The van der Waals surface area contributed by atoms with Crippen LogP contribution in [0, 0.1) is 0 Å². The summed E-state index contributed by atoms with van der Waals surface area (Å²) in [6.07, 6.45) is 1.45. The van der Waals surface area contributed by atoms with Gasteiger partial charge in [0.05, 0.1) is 16.5 Å². The van der Waals surface area contributed by atoms with Crippen molar-refractivity contribution in [2.45, 2.75) is 44.9 Å². The van der Waals surface area contributed by atoms with Crippen LogP contribution < -0.4 is 4.90 Å². The molecule has 3 saturated heterocycles. The molecule has 12 heteroatoms. The number of anilines is 1. The van der Waals surface area contributed by atoms with Crippen LogP contribution in [0.4, 0.5) is 10.6 Å². The minimum Gasteiger partial charge on any atom is -0.478 e. The summed E-state index contributed by atoms with van der Waals surface area (Å²) in [6, 6.07) is 0.944. The maximum Gasteiger partial charge on any atom is 0.411 e. The first-order valence-electron chi connectivity index (χ1n) is 11.8. The van der Waals surface area contributed by atoms with E-state index in [1.807, 2.05) is 30.6 Å². The van der Waals surface area contributed by atoms with E-state index in [4.69, 9.17) is 21.4 Å². The molecule has 0 unspecified atom stereocenters. The molecule has 10 nitrogen and oxygen atoms in total. The molecule has 1 aromatic rings. The summed E-state index contributed by atoms with van der Waals surface area (Å²) in [5.41, 5.74) is -0.585. The van der Waals surface area contributed by atoms with E-state index in [-0.39, 0.29) is 17.5 Å². The minimum atomic E-state index is -1.07. The first kappa shape index (κ1) is 25.8. The maximum atomic E-state index is 13.3. The lowest BCUT2D eigenvalue weighted by atomic mass is 10.1. The second-order valence-electron chi connectivity index (χ2n) is 10.0. The molecule has 1 aromatic heterocycles. The summed E-state index contributed by atoms with van der Waals surface area (Å²) >= 11 is 8.03. The molecule has 0 aliphatic carbocycles. The Bertz CT molecular complexity index is 976. The number of piperazine rings is 1. The molecule has 4 heterocycles. The summed E-state index contributed by atoms with van der Waals surface area (Å²) < 4.78 is 5.63. The predicted molar refractivity (Wildman–Crippen MR) is 134 cm³/mol. The average molecular weight is 526 g/mol. The van der Waals surface area contributed by atoms with Crippen LogP contribution in [0.2, 0.25) is 5.02 Å². The van der Waals surface area contributed by atoms with Gasteiger partial charge in [-0.15, -0.1) is 11.8 Å². The SMILES string of the molecule is CC(C)(C)OC(=O)N1C[C@@H](N2CCN(c3ncc(C(=O)O)cc3Cl)CC2)C[C@H]1C(=O)N1CCSC1. The highest BCUT2D eigenvalue weighted by Gasteiger charge is 2.45. The number of thioether (sulfide) groups is 1. The molecular formula is C23H32ClN5O5S. The lowest BCUT2D eigenvalue weighted by molar-refractivity contribution is -0.134. The topological polar surface area (TPSA) is 107 Å². The minimum absolute atomic E-state index is 0.00324. The number of ether oxygens (including phenoxy) is 1. The number of amides is 2. The van der Waals surface area contributed by atoms with Crippen LogP contribution in [0.1, 0.15) is 37.6 Å². The van der Waals surface area contributed by atoms with Gasteiger partial charge in [-0.3, -0.25) is 14.6 Å². The number of rotatable bonds is 4. The van der Waals surface area contributed by atoms with Crippen LogP contribution in [0.3, 0.4) is 0 Å². The number of nitrogens with zero attached hydrogens (tertiary/aromatic N) is 5. The summed E-state index contributed by atoms with van der Waals surface area (Å²) in [5.74, 6) is 1.08. The zero-order valence-corrected chi connectivity index (χ0v) is 21.8. The molecule has 3 aliphatic heterocycles. The fourth-order valence-corrected chi connectivity index (χ4v) is 5.95. The van der Waals surface area contributed by atoms with Crippen molar-refractivity contribution in [1.29, 1.82) is 0 Å². The van der Waals surface area contributed by atoms with E-state index in [1.54, 1.807) is 16.7 Å². The van der Waals surface area contributed by atoms with Crippen molar-refractivity contribution < 1.29 is 24.2 Å². The van der Waals surface area contributed by atoms with Gasteiger partial charge in [0.25, 0.3) is 0 Å². The molecule has 0 spiro atoms. The molecule has 2 atom stereocenters. The Labute approximate surface area is 214 Å². The Balaban J connectivity index is 1.43. The van der Waals surface area contributed by atoms with Crippen molar-refractivity contribution in [3.05, 3.63) is 22.8 Å². The molecule has 192 valence electrons. The fraction of sp³-hybridized carbons (Fsp3) is 0.652. The van der Waals surface area contributed by atoms with Crippen molar-refractivity contribution in [1.82, 2.24) is 19.7 Å². The Hall–Kier alpha value is -2.24. The number of carbonyl (C=O) groups is 3. The molecule has 2 amide bonds. The summed E-state index contributed by atoms with van der Waals surface area (Å²) in [4.78, 5) is 49.5. The van der Waals surface area contributed by atoms with Gasteiger partial charge in [0.15, 0.2) is 0 Å². The molecule has 0 bridgehead atoms. The van der Waals surface area contributed by atoms with Gasteiger partial charge in [0, 0.05) is 57.3 Å². The normalized spacial score (nSPS) is 23.6. The van der Waals surface area contributed by atoms with Gasteiger partial charge in [-0.25, -0.2) is 14.6 Å². The molecule has 0 saturated carbocycles. The highest BCUT2D eigenvalue weighted by molar-refractivity contribution is 7.99. The van der Waals surface area contributed by atoms with E-state index in [0.29, 0.717) is 62.4 Å². The molecule has 1 N–H and O–H groups in total. The summed E-state index contributed by atoms with van der Waals surface area (Å²) in [7, 11) is 0. The third-order valence-electron chi connectivity index (χ3n) is 6.46. The number of carbonyl (C=O) groups excluding carboxylic acids is 2. The lowest BCUT2D eigenvalue weighted by Crippen LogP contribution is -2.51. The number of carboxylic acid groups (broad SMARTS) is 1. The molecule has 35 heavy (non-hydrogen) atoms. The maximum absolute atomic E-state index is 13.3. The van der Waals surface area contributed by atoms with E-state index in [0.717, 1.165) is 5.75 Å². The monoisotopic (exact) mass is 525 g/mol. The Morgan fingerprint density at radius 1 is 1.17 bits per heavy atom. The second kappa shape index (κ2) is 10.4. The van der Waals surface area contributed by atoms with Crippen molar-refractivity contribution in [2.75, 3.05) is 55.8 Å². The van der Waals surface area contributed by atoms with Crippen LogP contribution in [0.5, 0.6) is 0 Å². The number of hydrogen-bond acceptors (Lipinski definition) is 8. The zero-order valence-electron chi connectivity index (χ0n) is 20.3. The highest BCUT2D eigenvalue weighted by Crippen LogP contribution is 2.30. The van der Waals surface area contributed by atoms with Gasteiger partial charge in [-0.1, -0.05) is 11.6 Å². The number of likely N-dealkylation sites (tertiary alicyclic amines) is 1. The van der Waals surface area contributed by atoms with E-state index in [2.05, 4.69) is 9.88 Å². The quantitative estimate of drug-likeness (QED) is 0.634. The second-order valence-corrected chi connectivity index (χ2v) is 11.5. The highest BCUT2D eigenvalue weighted by atomic mass is 35.5. The number of aromatic carboxylic acids is 1. The van der Waals surface area contributed by atoms with Crippen LogP contribution in [-0.4, -0.2) is 111 Å². The van der Waals surface area contributed by atoms with Crippen molar-refractivity contribution in [3.63, 3.8) is 0 Å². The van der Waals surface area contributed by atoms with E-state index in [1.165, 1.54) is 12.3 Å². The van der Waals surface area contributed by atoms with Gasteiger partial charge >= 0.3 is 12.1 Å². The van der Waals surface area contributed by atoms with Gasteiger partial charge in [0.2, 0.25) is 5.91 Å². The van der Waals surface area contributed by atoms with Crippen molar-refractivity contribution >= 4 is 47.2 Å². The fourth-order valence-electron chi connectivity index (χ4n) is 4.71. The lowest BCUT2D eigenvalue weighted by Gasteiger charge is -2.38. The molecule has 3 aliphatic rings. The van der Waals surface area contributed by atoms with E-state index < -0.39 is 23.7 Å². The molecule has 3 fully saturated rings.